The lowest BCUT2D eigenvalue weighted by Crippen LogP contribution is -2.21. The lowest BCUT2D eigenvalue weighted by Gasteiger charge is -2.20. The summed E-state index contributed by atoms with van der Waals surface area (Å²) in [6.07, 6.45) is 2.50. The molecule has 1 aliphatic heterocycles. The number of benzene rings is 1. The molecule has 0 N–H and O–H groups in total. The fraction of sp³-hybridized carbons (Fsp3) is 0.429. The van der Waals surface area contributed by atoms with E-state index in [1.54, 1.807) is 0 Å². The molecular formula is C21H25NO5. The van der Waals surface area contributed by atoms with E-state index in [1.165, 1.54) is 24.3 Å². The van der Waals surface area contributed by atoms with Crippen molar-refractivity contribution in [3.05, 3.63) is 70.0 Å². The molecule has 0 radical (unpaired) electrons. The van der Waals surface area contributed by atoms with Crippen LogP contribution in [0, 0.1) is 10.1 Å². The van der Waals surface area contributed by atoms with Gasteiger partial charge in [0.1, 0.15) is 6.10 Å². The number of nitro benzene ring substituents is 1. The maximum Gasteiger partial charge on any atom is 0.338 e. The van der Waals surface area contributed by atoms with E-state index in [1.807, 2.05) is 13.8 Å². The Morgan fingerprint density at radius 2 is 2.11 bits per heavy atom. The fourth-order valence-corrected chi connectivity index (χ4v) is 3.09. The van der Waals surface area contributed by atoms with Gasteiger partial charge in [-0.25, -0.2) is 4.79 Å². The highest BCUT2D eigenvalue weighted by Crippen LogP contribution is 2.29. The van der Waals surface area contributed by atoms with Crippen molar-refractivity contribution in [2.24, 2.45) is 0 Å². The summed E-state index contributed by atoms with van der Waals surface area (Å²) in [5.74, 6) is -0.508. The summed E-state index contributed by atoms with van der Waals surface area (Å²) in [4.78, 5) is 22.7. The zero-order valence-corrected chi connectivity index (χ0v) is 15.8. The Morgan fingerprint density at radius 3 is 2.63 bits per heavy atom. The molecule has 1 fully saturated rings. The number of hydrogen-bond donors (Lipinski definition) is 0. The van der Waals surface area contributed by atoms with Gasteiger partial charge < -0.3 is 9.47 Å². The van der Waals surface area contributed by atoms with Crippen molar-refractivity contribution < 1.29 is 19.2 Å². The molecule has 0 spiro atoms. The number of nitro groups is 1. The van der Waals surface area contributed by atoms with Gasteiger partial charge >= 0.3 is 5.97 Å². The number of carbonyl (C=O) groups is 1. The van der Waals surface area contributed by atoms with E-state index in [9.17, 15) is 14.9 Å². The summed E-state index contributed by atoms with van der Waals surface area (Å²) in [7, 11) is 0. The van der Waals surface area contributed by atoms with Crippen molar-refractivity contribution in [3.63, 3.8) is 0 Å². The van der Waals surface area contributed by atoms with Gasteiger partial charge in [-0.1, -0.05) is 13.2 Å². The van der Waals surface area contributed by atoms with E-state index in [-0.39, 0.29) is 29.6 Å². The highest BCUT2D eigenvalue weighted by atomic mass is 16.6. The summed E-state index contributed by atoms with van der Waals surface area (Å²) < 4.78 is 11.5. The Labute approximate surface area is 159 Å². The fourth-order valence-electron chi connectivity index (χ4n) is 3.09. The van der Waals surface area contributed by atoms with Gasteiger partial charge in [-0.3, -0.25) is 10.1 Å². The van der Waals surface area contributed by atoms with E-state index in [4.69, 9.17) is 9.47 Å². The maximum absolute atomic E-state index is 12.4. The van der Waals surface area contributed by atoms with Crippen molar-refractivity contribution >= 4 is 11.7 Å². The second kappa shape index (κ2) is 9.31. The molecule has 6 nitrogen and oxygen atoms in total. The number of hydrogen-bond acceptors (Lipinski definition) is 5. The molecule has 1 aliphatic rings. The summed E-state index contributed by atoms with van der Waals surface area (Å²) in [5, 5.41) is 10.7. The average molecular weight is 371 g/mol. The molecule has 1 saturated heterocycles. The molecule has 3 atom stereocenters. The highest BCUT2D eigenvalue weighted by Gasteiger charge is 2.27. The molecule has 1 aromatic rings. The molecule has 1 aromatic carbocycles. The van der Waals surface area contributed by atoms with E-state index in [0.717, 1.165) is 17.6 Å². The lowest BCUT2D eigenvalue weighted by atomic mass is 10.00. The first kappa shape index (κ1) is 20.6. The molecule has 1 unspecified atom stereocenters. The lowest BCUT2D eigenvalue weighted by molar-refractivity contribution is -0.384. The van der Waals surface area contributed by atoms with Crippen LogP contribution in [-0.4, -0.2) is 29.2 Å². The number of non-ortho nitro benzene ring substituents is 1. The number of rotatable bonds is 8. The Balaban J connectivity index is 2.02. The predicted octanol–water partition coefficient (Wildman–Crippen LogP) is 4.76. The van der Waals surface area contributed by atoms with Gasteiger partial charge in [0.05, 0.1) is 22.7 Å². The molecule has 2 rings (SSSR count). The number of esters is 1. The third kappa shape index (κ3) is 5.91. The van der Waals surface area contributed by atoms with Crippen LogP contribution in [-0.2, 0) is 9.47 Å². The molecule has 0 aliphatic carbocycles. The standard InChI is InChI=1S/C21H25NO5/c1-5-14(2)12-19(10-11-20-15(3)13-16(4)26-20)27-21(23)17-6-8-18(9-7-17)22(24)25/h6-9,16,19-20H,1,3,10-13H2,2,4H3/t16-,19-,20?/m0/s1. The van der Waals surface area contributed by atoms with Gasteiger partial charge in [-0.2, -0.15) is 0 Å². The predicted molar refractivity (Wildman–Crippen MR) is 103 cm³/mol. The molecule has 0 bridgehead atoms. The van der Waals surface area contributed by atoms with Gasteiger partial charge in [0.2, 0.25) is 0 Å². The first-order valence-electron chi connectivity index (χ1n) is 8.94. The van der Waals surface area contributed by atoms with E-state index in [0.29, 0.717) is 19.3 Å². The van der Waals surface area contributed by atoms with Crippen molar-refractivity contribution in [2.45, 2.75) is 57.8 Å². The number of ether oxygens (including phenoxy) is 2. The van der Waals surface area contributed by atoms with Gasteiger partial charge in [0.15, 0.2) is 0 Å². The van der Waals surface area contributed by atoms with Crippen LogP contribution in [0.4, 0.5) is 5.69 Å². The molecule has 0 amide bonds. The van der Waals surface area contributed by atoms with Gasteiger partial charge in [0.25, 0.3) is 5.69 Å². The van der Waals surface area contributed by atoms with Gasteiger partial charge in [0, 0.05) is 18.6 Å². The molecule has 0 saturated carbocycles. The molecule has 144 valence electrons. The number of nitrogens with zero attached hydrogens (tertiary/aromatic N) is 1. The van der Waals surface area contributed by atoms with Crippen LogP contribution in [0.5, 0.6) is 0 Å². The second-order valence-corrected chi connectivity index (χ2v) is 6.87. The van der Waals surface area contributed by atoms with Crippen molar-refractivity contribution in [2.75, 3.05) is 0 Å². The molecule has 0 aromatic heterocycles. The van der Waals surface area contributed by atoms with Crippen LogP contribution in [0.3, 0.4) is 0 Å². The highest BCUT2D eigenvalue weighted by molar-refractivity contribution is 5.89. The Kier molecular flexibility index (Phi) is 7.11. The minimum atomic E-state index is -0.508. The normalized spacial score (nSPS) is 20.0. The van der Waals surface area contributed by atoms with E-state index < -0.39 is 10.9 Å². The second-order valence-electron chi connectivity index (χ2n) is 6.87. The van der Waals surface area contributed by atoms with Crippen molar-refractivity contribution in [3.8, 4) is 0 Å². The van der Waals surface area contributed by atoms with Crippen LogP contribution in [0.2, 0.25) is 0 Å². The van der Waals surface area contributed by atoms with Gasteiger partial charge in [-0.05, 0) is 56.4 Å². The summed E-state index contributed by atoms with van der Waals surface area (Å²) >= 11 is 0. The number of carbonyl (C=O) groups excluding carboxylic acids is 1. The molecule has 1 heterocycles. The Hall–Kier alpha value is -2.69. The molecule has 6 heteroatoms. The van der Waals surface area contributed by atoms with E-state index in [2.05, 4.69) is 18.9 Å². The summed E-state index contributed by atoms with van der Waals surface area (Å²) in [6.45, 7) is 11.6. The first-order valence-corrected chi connectivity index (χ1v) is 8.94. The van der Waals surface area contributed by atoms with Crippen LogP contribution in [0.25, 0.3) is 0 Å². The first-order chi connectivity index (χ1) is 12.8. The van der Waals surface area contributed by atoms with Crippen LogP contribution >= 0.6 is 0 Å². The largest absolute Gasteiger partial charge is 0.458 e. The molecule has 27 heavy (non-hydrogen) atoms. The monoisotopic (exact) mass is 371 g/mol. The van der Waals surface area contributed by atoms with Crippen molar-refractivity contribution in [1.82, 2.24) is 0 Å². The minimum Gasteiger partial charge on any atom is -0.458 e. The summed E-state index contributed by atoms with van der Waals surface area (Å²) in [5.41, 5.74) is 5.00. The van der Waals surface area contributed by atoms with E-state index >= 15 is 0 Å². The van der Waals surface area contributed by atoms with Crippen molar-refractivity contribution in [1.29, 1.82) is 0 Å². The Bertz CT molecular complexity index is 761. The maximum atomic E-state index is 12.4. The van der Waals surface area contributed by atoms with Crippen LogP contribution in [0.1, 0.15) is 49.9 Å². The zero-order valence-electron chi connectivity index (χ0n) is 15.8. The minimum absolute atomic E-state index is 0.0198. The Morgan fingerprint density at radius 1 is 1.44 bits per heavy atom. The van der Waals surface area contributed by atoms with Gasteiger partial charge in [-0.15, -0.1) is 5.73 Å². The third-order valence-corrected chi connectivity index (χ3v) is 4.58. The van der Waals surface area contributed by atoms with Crippen LogP contribution in [0.15, 0.2) is 54.3 Å². The summed E-state index contributed by atoms with van der Waals surface area (Å²) in [6, 6.07) is 5.38. The topological polar surface area (TPSA) is 78.7 Å². The third-order valence-electron chi connectivity index (χ3n) is 4.58. The zero-order chi connectivity index (χ0) is 20.0. The smallest absolute Gasteiger partial charge is 0.338 e. The quantitative estimate of drug-likeness (QED) is 0.216. The molecular weight excluding hydrogens is 346 g/mol. The van der Waals surface area contributed by atoms with Crippen LogP contribution < -0.4 is 0 Å². The SMILES string of the molecule is C=C=C(C)C[C@H](CCC1O[C@@H](C)CC1=C)OC(=O)c1ccc([N+](=O)[O-])cc1. The average Bonchev–Trinajstić information content (AvgIpc) is 2.96.